The third-order valence-electron chi connectivity index (χ3n) is 10.1. The van der Waals surface area contributed by atoms with Crippen molar-refractivity contribution in [2.24, 2.45) is 28.3 Å². The lowest BCUT2D eigenvalue weighted by atomic mass is 10.0. The monoisotopic (exact) mass is 807 g/mol. The summed E-state index contributed by atoms with van der Waals surface area (Å²) >= 11 is 4.34. The second-order valence-electron chi connectivity index (χ2n) is 15.5. The van der Waals surface area contributed by atoms with Gasteiger partial charge in [0.05, 0.1) is 0 Å². The van der Waals surface area contributed by atoms with Crippen LogP contribution < -0.4 is 43.4 Å². The van der Waals surface area contributed by atoms with Crippen molar-refractivity contribution in [1.82, 2.24) is 41.7 Å². The number of hydrogen-bond acceptors (Lipinski definition) is 10. The zero-order chi connectivity index (χ0) is 41.9. The molecule has 3 rings (SSSR count). The van der Waals surface area contributed by atoms with Crippen molar-refractivity contribution in [3.8, 4) is 0 Å². The van der Waals surface area contributed by atoms with E-state index in [2.05, 4.69) is 49.5 Å². The van der Waals surface area contributed by atoms with Gasteiger partial charge in [0, 0.05) is 25.4 Å². The second kappa shape index (κ2) is 21.1. The molecule has 3 aliphatic rings. The van der Waals surface area contributed by atoms with Gasteiger partial charge < -0.3 is 53.2 Å². The minimum Gasteiger partial charge on any atom is -0.370 e. The van der Waals surface area contributed by atoms with Crippen molar-refractivity contribution in [2.75, 3.05) is 25.4 Å². The summed E-state index contributed by atoms with van der Waals surface area (Å²) in [6, 6.07) is -8.62. The Morgan fingerprint density at radius 3 is 1.70 bits per heavy atom. The summed E-state index contributed by atoms with van der Waals surface area (Å²) < 4.78 is 0. The highest BCUT2D eigenvalue weighted by Crippen LogP contribution is 2.23. The normalized spacial score (nSPS) is 29.4. The van der Waals surface area contributed by atoms with Crippen LogP contribution in [0.1, 0.15) is 86.5 Å². The number of carbonyl (C=O) groups excluding carboxylic acids is 8. The van der Waals surface area contributed by atoms with E-state index >= 15 is 0 Å². The van der Waals surface area contributed by atoms with Gasteiger partial charge in [0.1, 0.15) is 48.3 Å². The van der Waals surface area contributed by atoms with Crippen LogP contribution in [0.25, 0.3) is 0 Å². The van der Waals surface area contributed by atoms with Crippen LogP contribution in [0.4, 0.5) is 0 Å². The number of hydrogen-bond donors (Lipinski definition) is 9. The highest BCUT2D eigenvalue weighted by molar-refractivity contribution is 7.80. The maximum Gasteiger partial charge on any atom is 0.246 e. The Hall–Kier alpha value is -4.62. The Kier molecular flexibility index (Phi) is 17.2. The quantitative estimate of drug-likeness (QED) is 0.0544. The first-order valence-corrected chi connectivity index (χ1v) is 20.1. The lowest BCUT2D eigenvalue weighted by molar-refractivity contribution is -0.145. The molecule has 314 valence electrons. The van der Waals surface area contributed by atoms with Crippen LogP contribution in [-0.4, -0.2) is 137 Å². The fraction of sp³-hybridized carbons (Fsp3) is 0.750. The lowest BCUT2D eigenvalue weighted by Crippen LogP contribution is -2.61. The molecule has 3 saturated heterocycles. The van der Waals surface area contributed by atoms with Gasteiger partial charge in [0.2, 0.25) is 47.3 Å². The third kappa shape index (κ3) is 12.4. The Bertz CT molecular complexity index is 1510. The number of nitrogens with zero attached hydrogens (tertiary/aromatic N) is 3. The van der Waals surface area contributed by atoms with Crippen molar-refractivity contribution in [3.05, 3.63) is 0 Å². The van der Waals surface area contributed by atoms with Crippen molar-refractivity contribution < 1.29 is 38.4 Å². The maximum absolute atomic E-state index is 14.0. The molecule has 20 heteroatoms. The van der Waals surface area contributed by atoms with E-state index in [4.69, 9.17) is 11.5 Å². The summed E-state index contributed by atoms with van der Waals surface area (Å²) in [6.07, 6.45) is 2.16. The van der Waals surface area contributed by atoms with E-state index in [-0.39, 0.29) is 62.4 Å². The van der Waals surface area contributed by atoms with Gasteiger partial charge in [0.25, 0.3) is 0 Å². The zero-order valence-electron chi connectivity index (χ0n) is 33.3. The van der Waals surface area contributed by atoms with E-state index < -0.39 is 95.6 Å². The van der Waals surface area contributed by atoms with Gasteiger partial charge in [0.15, 0.2) is 5.96 Å². The number of nitrogens with one attached hydrogen (secondary N) is 6. The molecule has 56 heavy (non-hydrogen) atoms. The van der Waals surface area contributed by atoms with Gasteiger partial charge in [-0.1, -0.05) is 27.7 Å². The van der Waals surface area contributed by atoms with Gasteiger partial charge in [-0.3, -0.25) is 43.3 Å². The van der Waals surface area contributed by atoms with E-state index in [9.17, 15) is 38.4 Å². The number of rotatable bonds is 8. The molecule has 0 aliphatic carbocycles. The first-order valence-electron chi connectivity index (χ1n) is 19.5. The summed E-state index contributed by atoms with van der Waals surface area (Å²) in [7, 11) is 0. The topological polar surface area (TPSA) is 280 Å². The molecule has 10 N–H and O–H groups in total. The fourth-order valence-electron chi connectivity index (χ4n) is 7.03. The van der Waals surface area contributed by atoms with Gasteiger partial charge >= 0.3 is 0 Å². The Labute approximate surface area is 333 Å². The van der Waals surface area contributed by atoms with E-state index in [1.54, 1.807) is 13.8 Å². The van der Waals surface area contributed by atoms with E-state index in [0.29, 0.717) is 25.7 Å². The summed E-state index contributed by atoms with van der Waals surface area (Å²) in [5.41, 5.74) is 10.9. The number of nitrogens with two attached hydrogens (primary N) is 2. The van der Waals surface area contributed by atoms with Crippen LogP contribution in [0.2, 0.25) is 0 Å². The third-order valence-corrected chi connectivity index (χ3v) is 10.5. The molecule has 3 fully saturated rings. The van der Waals surface area contributed by atoms with Crippen LogP contribution in [-0.2, 0) is 38.4 Å². The van der Waals surface area contributed by atoms with Gasteiger partial charge in [-0.25, -0.2) is 0 Å². The smallest absolute Gasteiger partial charge is 0.246 e. The summed E-state index contributed by atoms with van der Waals surface area (Å²) in [5, 5.41) is 16.1. The first-order chi connectivity index (χ1) is 26.4. The number of carbonyl (C=O) groups is 8. The predicted molar refractivity (Wildman–Crippen MR) is 210 cm³/mol. The van der Waals surface area contributed by atoms with E-state index in [1.807, 2.05) is 13.8 Å². The molecule has 3 heterocycles. The second-order valence-corrected chi connectivity index (χ2v) is 15.9. The number of guanidine groups is 1. The number of amides is 8. The molecule has 0 radical (unpaired) electrons. The van der Waals surface area contributed by atoms with E-state index in [0.717, 1.165) is 0 Å². The van der Waals surface area contributed by atoms with Crippen molar-refractivity contribution >= 4 is 65.8 Å². The molecular formula is C36H61N11O8S. The molecule has 3 aliphatic heterocycles. The van der Waals surface area contributed by atoms with Crippen LogP contribution >= 0.6 is 12.6 Å². The fourth-order valence-corrected chi connectivity index (χ4v) is 7.28. The van der Waals surface area contributed by atoms with Crippen LogP contribution in [0.5, 0.6) is 0 Å². The summed E-state index contributed by atoms with van der Waals surface area (Å²) in [6.45, 7) is 10.7. The Morgan fingerprint density at radius 2 is 1.16 bits per heavy atom. The van der Waals surface area contributed by atoms with Gasteiger partial charge in [-0.15, -0.1) is 0 Å². The average Bonchev–Trinajstić information content (AvgIpc) is 3.83. The predicted octanol–water partition coefficient (Wildman–Crippen LogP) is -2.38. The molecule has 0 bridgehead atoms. The molecule has 0 spiro atoms. The summed E-state index contributed by atoms with van der Waals surface area (Å²) in [4.78, 5) is 116. The Morgan fingerprint density at radius 1 is 0.679 bits per heavy atom. The first kappa shape index (κ1) is 45.8. The SMILES string of the molecule is CC(C)C[C@@H]1NC(=O)[C@@H](CCCN=C(N)N)NC(=O)[C@@H](C)NC(=O)[C@H](C)NC(=O)[C@@H]2CCCN2C(=O)[C@H](C(C)C)NC(=O)[C@@H]2CCCN2C(=O)[C@@H](CS)NC1=O. The average molecular weight is 808 g/mol. The largest absolute Gasteiger partial charge is 0.370 e. The minimum atomic E-state index is -1.19. The van der Waals surface area contributed by atoms with Crippen molar-refractivity contribution in [1.29, 1.82) is 0 Å². The zero-order valence-corrected chi connectivity index (χ0v) is 34.2. The van der Waals surface area contributed by atoms with Crippen molar-refractivity contribution in [3.63, 3.8) is 0 Å². The minimum absolute atomic E-state index is 0.0575. The van der Waals surface area contributed by atoms with Crippen LogP contribution in [0.15, 0.2) is 4.99 Å². The number of fused-ring (bicyclic) bond motifs is 2. The lowest BCUT2D eigenvalue weighted by Gasteiger charge is -2.33. The van der Waals surface area contributed by atoms with E-state index in [1.165, 1.54) is 23.6 Å². The Balaban J connectivity index is 2.00. The van der Waals surface area contributed by atoms with Crippen LogP contribution in [0.3, 0.4) is 0 Å². The molecule has 0 aromatic heterocycles. The number of aliphatic imine (C=N–C) groups is 1. The number of thiol groups is 1. The van der Waals surface area contributed by atoms with Gasteiger partial charge in [-0.2, -0.15) is 12.6 Å². The molecule has 8 amide bonds. The van der Waals surface area contributed by atoms with Crippen LogP contribution in [0, 0.1) is 11.8 Å². The standard InChI is InChI=1S/C36H61N11O8S/c1-18(2)16-23-31(51)44-24(17-56)34(54)46-14-8-12-26(46)33(53)45-27(19(3)4)35(55)47-15-9-11-25(47)32(52)41-20(5)28(48)40-21(6)29(49)42-22(30(50)43-23)10-7-13-39-36(37)38/h18-27,56H,7-17H2,1-6H3,(H,40,48)(H,41,52)(H,42,49)(H,43,50)(H,44,51)(H,45,53)(H4,37,38,39)/t20-,21+,22+,23-,24+,25-,26-,27-/m0/s1. The highest BCUT2D eigenvalue weighted by atomic mass is 32.1. The maximum atomic E-state index is 14.0. The van der Waals surface area contributed by atoms with Crippen molar-refractivity contribution in [2.45, 2.75) is 135 Å². The highest BCUT2D eigenvalue weighted by Gasteiger charge is 2.43. The van der Waals surface area contributed by atoms with Gasteiger partial charge in [-0.05, 0) is 70.6 Å². The molecule has 0 aromatic carbocycles. The molecule has 0 unspecified atom stereocenters. The molecule has 0 aromatic rings. The molecule has 0 saturated carbocycles. The summed E-state index contributed by atoms with van der Waals surface area (Å²) in [5.74, 6) is -5.63. The molecule has 8 atom stereocenters. The molecule has 19 nitrogen and oxygen atoms in total. The molecular weight excluding hydrogens is 747 g/mol.